The molecule has 0 aromatic heterocycles. The second-order valence-corrected chi connectivity index (χ2v) is 9.45. The number of aliphatic hydroxyl groups is 1. The average molecular weight is 314 g/mol. The minimum atomic E-state index is -0.872. The van der Waals surface area contributed by atoms with E-state index in [0.717, 1.165) is 50.4 Å². The molecule has 4 aliphatic carbocycles. The van der Waals surface area contributed by atoms with E-state index in [9.17, 15) is 9.90 Å². The molecule has 2 heteroatoms. The lowest BCUT2D eigenvalue weighted by Crippen LogP contribution is -2.55. The maximum Gasteiger partial charge on any atom is 0.139 e. The first-order valence-electron chi connectivity index (χ1n) is 9.56. The Morgan fingerprint density at radius 2 is 1.87 bits per heavy atom. The van der Waals surface area contributed by atoms with Gasteiger partial charge in [0.1, 0.15) is 11.4 Å². The third kappa shape index (κ3) is 2.02. The third-order valence-corrected chi connectivity index (χ3v) is 8.70. The molecule has 1 N–H and O–H groups in total. The molecule has 7 atom stereocenters. The zero-order valence-corrected chi connectivity index (χ0v) is 14.6. The molecule has 23 heavy (non-hydrogen) atoms. The summed E-state index contributed by atoms with van der Waals surface area (Å²) in [7, 11) is 0. The minimum Gasteiger partial charge on any atom is -0.378 e. The smallest absolute Gasteiger partial charge is 0.139 e. The van der Waals surface area contributed by atoms with Crippen molar-refractivity contribution in [2.45, 2.75) is 77.2 Å². The lowest BCUT2D eigenvalue weighted by molar-refractivity contribution is -0.146. The second kappa shape index (κ2) is 4.85. The van der Waals surface area contributed by atoms with Crippen LogP contribution < -0.4 is 0 Å². The molecular formula is C21H30O2. The molecule has 0 spiro atoms. The Labute approximate surface area is 140 Å². The average Bonchev–Trinajstić information content (AvgIpc) is 2.84. The van der Waals surface area contributed by atoms with Crippen molar-refractivity contribution in [3.05, 3.63) is 0 Å². The summed E-state index contributed by atoms with van der Waals surface area (Å²) in [6, 6.07) is 0. The van der Waals surface area contributed by atoms with Crippen molar-refractivity contribution in [1.82, 2.24) is 0 Å². The second-order valence-electron chi connectivity index (χ2n) is 9.45. The number of ketones is 1. The quantitative estimate of drug-likeness (QED) is 0.687. The molecule has 0 aromatic carbocycles. The van der Waals surface area contributed by atoms with Crippen LogP contribution in [-0.2, 0) is 4.79 Å². The summed E-state index contributed by atoms with van der Waals surface area (Å²) in [6.45, 7) is 4.71. The maximum absolute atomic E-state index is 12.4. The molecule has 0 heterocycles. The number of carbonyl (C=O) groups excluding carboxylic acids is 1. The van der Waals surface area contributed by atoms with Gasteiger partial charge in [0.25, 0.3) is 0 Å². The summed E-state index contributed by atoms with van der Waals surface area (Å²) >= 11 is 0. The van der Waals surface area contributed by atoms with Gasteiger partial charge in [-0.15, -0.1) is 6.42 Å². The van der Waals surface area contributed by atoms with Crippen LogP contribution in [-0.4, -0.2) is 16.5 Å². The number of terminal acetylenes is 1. The fourth-order valence-corrected chi connectivity index (χ4v) is 7.15. The number of fused-ring (bicyclic) bond motifs is 5. The van der Waals surface area contributed by atoms with Crippen LogP contribution in [0.25, 0.3) is 0 Å². The first kappa shape index (κ1) is 15.7. The van der Waals surface area contributed by atoms with Crippen LogP contribution in [0.5, 0.6) is 0 Å². The van der Waals surface area contributed by atoms with Crippen LogP contribution >= 0.6 is 0 Å². The topological polar surface area (TPSA) is 37.3 Å². The molecule has 0 bridgehead atoms. The van der Waals surface area contributed by atoms with Gasteiger partial charge in [-0.25, -0.2) is 0 Å². The van der Waals surface area contributed by atoms with Crippen molar-refractivity contribution in [3.63, 3.8) is 0 Å². The van der Waals surface area contributed by atoms with E-state index >= 15 is 0 Å². The zero-order chi connectivity index (χ0) is 16.5. The molecule has 4 rings (SSSR count). The molecule has 2 nitrogen and oxygen atoms in total. The van der Waals surface area contributed by atoms with Gasteiger partial charge >= 0.3 is 0 Å². The summed E-state index contributed by atoms with van der Waals surface area (Å²) in [5, 5.41) is 10.6. The van der Waals surface area contributed by atoms with Gasteiger partial charge in [0, 0.05) is 11.8 Å². The summed E-state index contributed by atoms with van der Waals surface area (Å²) in [6.07, 6.45) is 14.8. The Kier molecular flexibility index (Phi) is 3.31. The van der Waals surface area contributed by atoms with E-state index in [1.807, 2.05) is 0 Å². The number of Topliss-reactive ketones (excluding diaryl/α,β-unsaturated/α-hetero) is 1. The van der Waals surface area contributed by atoms with Crippen LogP contribution in [0.15, 0.2) is 0 Å². The van der Waals surface area contributed by atoms with E-state index in [0.29, 0.717) is 23.0 Å². The van der Waals surface area contributed by atoms with Crippen molar-refractivity contribution in [3.8, 4) is 12.3 Å². The van der Waals surface area contributed by atoms with Gasteiger partial charge in [-0.1, -0.05) is 19.8 Å². The number of hydrogen-bond donors (Lipinski definition) is 1. The van der Waals surface area contributed by atoms with Gasteiger partial charge in [-0.3, -0.25) is 4.79 Å². The Balaban J connectivity index is 1.62. The van der Waals surface area contributed by atoms with Crippen molar-refractivity contribution >= 4 is 5.78 Å². The predicted octanol–water partition coefficient (Wildman–Crippen LogP) is 3.96. The molecule has 0 amide bonds. The minimum absolute atomic E-state index is 0.0292. The van der Waals surface area contributed by atoms with Crippen molar-refractivity contribution in [2.24, 2.45) is 34.5 Å². The highest BCUT2D eigenvalue weighted by atomic mass is 16.3. The number of hydrogen-bond acceptors (Lipinski definition) is 2. The van der Waals surface area contributed by atoms with E-state index in [-0.39, 0.29) is 5.41 Å². The fraction of sp³-hybridized carbons (Fsp3) is 0.857. The van der Waals surface area contributed by atoms with E-state index in [2.05, 4.69) is 19.8 Å². The molecule has 4 saturated carbocycles. The van der Waals surface area contributed by atoms with E-state index in [4.69, 9.17) is 6.42 Å². The van der Waals surface area contributed by atoms with Crippen LogP contribution in [0.1, 0.15) is 71.6 Å². The summed E-state index contributed by atoms with van der Waals surface area (Å²) in [4.78, 5) is 12.4. The first-order valence-corrected chi connectivity index (χ1v) is 9.56. The summed E-state index contributed by atoms with van der Waals surface area (Å²) < 4.78 is 0. The van der Waals surface area contributed by atoms with Gasteiger partial charge in [0.2, 0.25) is 0 Å². The molecule has 0 unspecified atom stereocenters. The van der Waals surface area contributed by atoms with Gasteiger partial charge in [-0.05, 0) is 80.5 Å². The van der Waals surface area contributed by atoms with Crippen LogP contribution in [0.2, 0.25) is 0 Å². The van der Waals surface area contributed by atoms with Crippen LogP contribution in [0.3, 0.4) is 0 Å². The summed E-state index contributed by atoms with van der Waals surface area (Å²) in [5.41, 5.74) is -0.582. The molecule has 0 saturated heterocycles. The standard InChI is InChI=1S/C21H30O2/c1-4-21(23)12-11-19(2)14(13-21)5-6-15-16-7-8-18(22)20(16,3)10-9-17(15)19/h1,14-17,23H,5-13H2,2-3H3/t14-,15+,16+,17+,19+,20+,21-/m1/s1. The Morgan fingerprint density at radius 3 is 2.61 bits per heavy atom. The van der Waals surface area contributed by atoms with Crippen molar-refractivity contribution in [1.29, 1.82) is 0 Å². The highest BCUT2D eigenvalue weighted by Gasteiger charge is 2.61. The van der Waals surface area contributed by atoms with Crippen LogP contribution in [0.4, 0.5) is 0 Å². The lowest BCUT2D eigenvalue weighted by Gasteiger charge is -2.60. The van der Waals surface area contributed by atoms with E-state index < -0.39 is 5.60 Å². The maximum atomic E-state index is 12.4. The van der Waals surface area contributed by atoms with Gasteiger partial charge < -0.3 is 5.11 Å². The van der Waals surface area contributed by atoms with Crippen LogP contribution in [0, 0.1) is 46.8 Å². The number of rotatable bonds is 0. The lowest BCUT2D eigenvalue weighted by atomic mass is 9.44. The molecule has 0 aliphatic heterocycles. The monoisotopic (exact) mass is 314 g/mol. The van der Waals surface area contributed by atoms with Gasteiger partial charge in [0.05, 0.1) is 0 Å². The van der Waals surface area contributed by atoms with E-state index in [1.165, 1.54) is 19.3 Å². The molecule has 4 fully saturated rings. The number of carbonyl (C=O) groups is 1. The Bertz CT molecular complexity index is 575. The fourth-order valence-electron chi connectivity index (χ4n) is 7.15. The normalized spacial score (nSPS) is 55.5. The zero-order valence-electron chi connectivity index (χ0n) is 14.6. The Hall–Kier alpha value is -0.810. The summed E-state index contributed by atoms with van der Waals surface area (Å²) in [5.74, 6) is 5.81. The van der Waals surface area contributed by atoms with E-state index in [1.54, 1.807) is 0 Å². The third-order valence-electron chi connectivity index (χ3n) is 8.70. The molecule has 126 valence electrons. The van der Waals surface area contributed by atoms with Crippen molar-refractivity contribution in [2.75, 3.05) is 0 Å². The predicted molar refractivity (Wildman–Crippen MR) is 90.5 cm³/mol. The highest BCUT2D eigenvalue weighted by molar-refractivity contribution is 5.87. The SMILES string of the molecule is C#C[C@@]1(O)CC[C@@]2(C)[C@H](CC[C@@H]3[C@@H]2CC[C@]2(C)C(=O)CC[C@@H]32)C1. The molecule has 0 radical (unpaired) electrons. The van der Waals surface area contributed by atoms with Gasteiger partial charge in [0.15, 0.2) is 0 Å². The molecular weight excluding hydrogens is 284 g/mol. The first-order chi connectivity index (χ1) is 10.8. The Morgan fingerprint density at radius 1 is 1.09 bits per heavy atom. The molecule has 4 aliphatic rings. The highest BCUT2D eigenvalue weighted by Crippen LogP contribution is 2.66. The largest absolute Gasteiger partial charge is 0.378 e. The van der Waals surface area contributed by atoms with Crippen molar-refractivity contribution < 1.29 is 9.90 Å². The molecule has 0 aromatic rings. The van der Waals surface area contributed by atoms with Gasteiger partial charge in [-0.2, -0.15) is 0 Å².